The highest BCUT2D eigenvalue weighted by molar-refractivity contribution is 14.1. The van der Waals surface area contributed by atoms with E-state index >= 15 is 0 Å². The van der Waals surface area contributed by atoms with E-state index in [1.54, 1.807) is 0 Å². The van der Waals surface area contributed by atoms with Crippen LogP contribution in [0.2, 0.25) is 0 Å². The highest BCUT2D eigenvalue weighted by Crippen LogP contribution is 2.15. The van der Waals surface area contributed by atoms with Crippen LogP contribution in [0.4, 0.5) is 0 Å². The average Bonchev–Trinajstić information content (AvgIpc) is 3.07. The van der Waals surface area contributed by atoms with Crippen molar-refractivity contribution in [3.63, 3.8) is 0 Å². The van der Waals surface area contributed by atoms with Gasteiger partial charge in [-0.25, -0.2) is 0 Å². The maximum atomic E-state index is 5.28. The van der Waals surface area contributed by atoms with Gasteiger partial charge in [0.1, 0.15) is 0 Å². The monoisotopic (exact) mass is 380 g/mol. The molecule has 6 heteroatoms. The minimum absolute atomic E-state index is 0.632. The van der Waals surface area contributed by atoms with Crippen LogP contribution in [-0.2, 0) is 13.0 Å². The lowest BCUT2D eigenvalue weighted by Gasteiger charge is -2.01. The molecular formula is C14H13IN4O. The molecule has 0 aliphatic carbocycles. The summed E-state index contributed by atoms with van der Waals surface area (Å²) in [5.74, 6) is 1.26. The number of rotatable bonds is 4. The first-order valence-electron chi connectivity index (χ1n) is 6.30. The van der Waals surface area contributed by atoms with Gasteiger partial charge in [-0.3, -0.25) is 4.68 Å². The van der Waals surface area contributed by atoms with Gasteiger partial charge in [0.2, 0.25) is 11.7 Å². The average molecular weight is 380 g/mol. The SMILES string of the molecule is Cc1c(I)cnn1CCc1nc(-c2ccccc2)no1. The molecule has 0 amide bonds. The molecule has 0 saturated carbocycles. The Labute approximate surface area is 130 Å². The minimum Gasteiger partial charge on any atom is -0.339 e. The van der Waals surface area contributed by atoms with E-state index in [4.69, 9.17) is 4.52 Å². The first-order chi connectivity index (χ1) is 9.74. The van der Waals surface area contributed by atoms with E-state index in [0.29, 0.717) is 18.1 Å². The van der Waals surface area contributed by atoms with Crippen molar-refractivity contribution in [3.8, 4) is 11.4 Å². The Morgan fingerprint density at radius 3 is 2.75 bits per heavy atom. The lowest BCUT2D eigenvalue weighted by atomic mass is 10.2. The molecule has 5 nitrogen and oxygen atoms in total. The van der Waals surface area contributed by atoms with Crippen molar-refractivity contribution in [2.45, 2.75) is 19.9 Å². The van der Waals surface area contributed by atoms with Crippen LogP contribution in [0.25, 0.3) is 11.4 Å². The zero-order valence-electron chi connectivity index (χ0n) is 11.0. The standard InChI is InChI=1S/C14H13IN4O/c1-10-12(15)9-16-19(10)8-7-13-17-14(18-20-13)11-5-3-2-4-6-11/h2-6,9H,7-8H2,1H3. The highest BCUT2D eigenvalue weighted by atomic mass is 127. The molecule has 20 heavy (non-hydrogen) atoms. The van der Waals surface area contributed by atoms with Crippen LogP contribution >= 0.6 is 22.6 Å². The summed E-state index contributed by atoms with van der Waals surface area (Å²) in [6.07, 6.45) is 2.54. The molecule has 3 aromatic rings. The zero-order valence-corrected chi connectivity index (χ0v) is 13.1. The molecule has 0 bridgehead atoms. The summed E-state index contributed by atoms with van der Waals surface area (Å²) in [6.45, 7) is 2.79. The van der Waals surface area contributed by atoms with Crippen molar-refractivity contribution >= 4 is 22.6 Å². The van der Waals surface area contributed by atoms with E-state index in [0.717, 1.165) is 21.4 Å². The highest BCUT2D eigenvalue weighted by Gasteiger charge is 2.09. The van der Waals surface area contributed by atoms with Crippen molar-refractivity contribution in [3.05, 3.63) is 51.7 Å². The number of aromatic nitrogens is 4. The fourth-order valence-corrected chi connectivity index (χ4v) is 2.31. The largest absolute Gasteiger partial charge is 0.339 e. The van der Waals surface area contributed by atoms with Gasteiger partial charge in [-0.05, 0) is 29.5 Å². The molecular weight excluding hydrogens is 367 g/mol. The number of nitrogens with zero attached hydrogens (tertiary/aromatic N) is 4. The van der Waals surface area contributed by atoms with E-state index < -0.39 is 0 Å². The van der Waals surface area contributed by atoms with Gasteiger partial charge in [0.25, 0.3) is 0 Å². The molecule has 0 aliphatic rings. The maximum absolute atomic E-state index is 5.28. The third-order valence-electron chi connectivity index (χ3n) is 3.08. The van der Waals surface area contributed by atoms with Crippen LogP contribution in [0.15, 0.2) is 41.1 Å². The second-order valence-corrected chi connectivity index (χ2v) is 5.59. The lowest BCUT2D eigenvalue weighted by molar-refractivity contribution is 0.368. The number of aryl methyl sites for hydroxylation is 2. The Hall–Kier alpha value is -1.70. The van der Waals surface area contributed by atoms with Crippen LogP contribution in [0.5, 0.6) is 0 Å². The van der Waals surface area contributed by atoms with E-state index in [-0.39, 0.29) is 0 Å². The van der Waals surface area contributed by atoms with Gasteiger partial charge in [0, 0.05) is 17.7 Å². The fraction of sp³-hybridized carbons (Fsp3) is 0.214. The van der Waals surface area contributed by atoms with Gasteiger partial charge in [-0.1, -0.05) is 35.5 Å². The number of hydrogen-bond donors (Lipinski definition) is 0. The summed E-state index contributed by atoms with van der Waals surface area (Å²) >= 11 is 2.28. The van der Waals surface area contributed by atoms with E-state index in [1.807, 2.05) is 41.2 Å². The number of benzene rings is 1. The second kappa shape index (κ2) is 5.74. The van der Waals surface area contributed by atoms with Gasteiger partial charge < -0.3 is 4.52 Å². The summed E-state index contributed by atoms with van der Waals surface area (Å²) in [5, 5.41) is 8.32. The molecule has 2 aromatic heterocycles. The Balaban J connectivity index is 1.70. The predicted molar refractivity (Wildman–Crippen MR) is 83.1 cm³/mol. The molecule has 0 radical (unpaired) electrons. The molecule has 1 aromatic carbocycles. The maximum Gasteiger partial charge on any atom is 0.228 e. The predicted octanol–water partition coefficient (Wildman–Crippen LogP) is 3.09. The van der Waals surface area contributed by atoms with Crippen molar-refractivity contribution in [1.29, 1.82) is 0 Å². The molecule has 0 atom stereocenters. The van der Waals surface area contributed by atoms with Crippen LogP contribution in [0, 0.1) is 10.5 Å². The van der Waals surface area contributed by atoms with Crippen molar-refractivity contribution in [1.82, 2.24) is 19.9 Å². The summed E-state index contributed by atoms with van der Waals surface area (Å²) in [6, 6.07) is 9.82. The third kappa shape index (κ3) is 2.74. The Kier molecular flexibility index (Phi) is 3.81. The fourth-order valence-electron chi connectivity index (χ4n) is 1.91. The lowest BCUT2D eigenvalue weighted by Crippen LogP contribution is -2.05. The van der Waals surface area contributed by atoms with Crippen LogP contribution in [0.1, 0.15) is 11.6 Å². The molecule has 0 spiro atoms. The molecule has 0 fully saturated rings. The van der Waals surface area contributed by atoms with Crippen molar-refractivity contribution in [2.75, 3.05) is 0 Å². The zero-order chi connectivity index (χ0) is 13.9. The number of hydrogen-bond acceptors (Lipinski definition) is 4. The molecule has 2 heterocycles. The van der Waals surface area contributed by atoms with Gasteiger partial charge >= 0.3 is 0 Å². The second-order valence-electron chi connectivity index (χ2n) is 4.43. The van der Waals surface area contributed by atoms with Crippen LogP contribution < -0.4 is 0 Å². The first kappa shape index (κ1) is 13.3. The van der Waals surface area contributed by atoms with Gasteiger partial charge in [0.05, 0.1) is 16.3 Å². The molecule has 102 valence electrons. The van der Waals surface area contributed by atoms with Gasteiger partial charge in [-0.15, -0.1) is 0 Å². The van der Waals surface area contributed by atoms with Gasteiger partial charge in [0.15, 0.2) is 0 Å². The quantitative estimate of drug-likeness (QED) is 0.653. The van der Waals surface area contributed by atoms with E-state index in [9.17, 15) is 0 Å². The van der Waals surface area contributed by atoms with Crippen molar-refractivity contribution < 1.29 is 4.52 Å². The molecule has 0 N–H and O–H groups in total. The summed E-state index contributed by atoms with van der Waals surface area (Å²) in [4.78, 5) is 4.41. The summed E-state index contributed by atoms with van der Waals surface area (Å²) < 4.78 is 8.40. The Morgan fingerprint density at radius 1 is 1.25 bits per heavy atom. The summed E-state index contributed by atoms with van der Waals surface area (Å²) in [7, 11) is 0. The molecule has 0 unspecified atom stereocenters. The van der Waals surface area contributed by atoms with Crippen LogP contribution in [-0.4, -0.2) is 19.9 Å². The van der Waals surface area contributed by atoms with E-state index in [2.05, 4.69) is 44.8 Å². The normalized spacial score (nSPS) is 10.9. The molecule has 0 aliphatic heterocycles. The van der Waals surface area contributed by atoms with E-state index in [1.165, 1.54) is 0 Å². The Morgan fingerprint density at radius 2 is 2.05 bits per heavy atom. The van der Waals surface area contributed by atoms with Gasteiger partial charge in [-0.2, -0.15) is 10.1 Å². The number of halogens is 1. The first-order valence-corrected chi connectivity index (χ1v) is 7.38. The molecule has 3 rings (SSSR count). The Bertz CT molecular complexity index is 705. The van der Waals surface area contributed by atoms with Crippen molar-refractivity contribution in [2.24, 2.45) is 0 Å². The molecule has 0 saturated heterocycles. The van der Waals surface area contributed by atoms with Crippen LogP contribution in [0.3, 0.4) is 0 Å². The third-order valence-corrected chi connectivity index (χ3v) is 4.14. The minimum atomic E-state index is 0.632. The smallest absolute Gasteiger partial charge is 0.228 e. The topological polar surface area (TPSA) is 56.7 Å². The summed E-state index contributed by atoms with van der Waals surface area (Å²) in [5.41, 5.74) is 2.13.